The predicted octanol–water partition coefficient (Wildman–Crippen LogP) is 5.27. The number of nitrogens with zero attached hydrogens (tertiary/aromatic N) is 1. The van der Waals surface area contributed by atoms with Crippen LogP contribution in [0.1, 0.15) is 15.9 Å². The Kier molecular flexibility index (Phi) is 5.32. The third kappa shape index (κ3) is 3.94. The Hall–Kier alpha value is -4.10. The summed E-state index contributed by atoms with van der Waals surface area (Å²) in [7, 11) is 0. The van der Waals surface area contributed by atoms with Crippen LogP contribution >= 0.6 is 12.2 Å². The number of fused-ring (bicyclic) bond motifs is 2. The summed E-state index contributed by atoms with van der Waals surface area (Å²) >= 11 is 5.31. The molecule has 5 rings (SSSR count). The quantitative estimate of drug-likeness (QED) is 0.363. The van der Waals surface area contributed by atoms with Crippen molar-refractivity contribution in [3.8, 4) is 5.69 Å². The predicted molar refractivity (Wildman–Crippen MR) is 130 cm³/mol. The van der Waals surface area contributed by atoms with Gasteiger partial charge in [-0.15, -0.1) is 0 Å². The summed E-state index contributed by atoms with van der Waals surface area (Å²) in [5.74, 6) is -0.828. The van der Waals surface area contributed by atoms with E-state index in [-0.39, 0.29) is 16.4 Å². The third-order valence-electron chi connectivity index (χ3n) is 5.52. The minimum atomic E-state index is -0.553. The molecule has 0 radical (unpaired) electrons. The van der Waals surface area contributed by atoms with Crippen molar-refractivity contribution in [2.24, 2.45) is 0 Å². The fraction of sp³-hybridized carbons (Fsp3) is 0.0385. The number of nitrogens with one attached hydrogen (secondary N) is 2. The Balaban J connectivity index is 1.43. The maximum absolute atomic E-state index is 14.2. The molecule has 162 valence electrons. The van der Waals surface area contributed by atoms with E-state index in [9.17, 15) is 14.0 Å². The third-order valence-corrected chi connectivity index (χ3v) is 5.80. The summed E-state index contributed by atoms with van der Waals surface area (Å²) in [5, 5.41) is 5.45. The first-order valence-electron chi connectivity index (χ1n) is 10.3. The molecule has 0 aliphatic carbocycles. The lowest BCUT2D eigenvalue weighted by Gasteiger charge is -2.10. The van der Waals surface area contributed by atoms with Gasteiger partial charge in [0.1, 0.15) is 5.82 Å². The molecule has 4 aromatic carbocycles. The minimum Gasteiger partial charge on any atom is -0.348 e. The van der Waals surface area contributed by atoms with Crippen molar-refractivity contribution in [3.63, 3.8) is 0 Å². The van der Waals surface area contributed by atoms with Gasteiger partial charge in [-0.25, -0.2) is 8.96 Å². The zero-order chi connectivity index (χ0) is 22.9. The van der Waals surface area contributed by atoms with Gasteiger partial charge in [-0.1, -0.05) is 48.5 Å². The number of aromatic nitrogens is 2. The van der Waals surface area contributed by atoms with Crippen LogP contribution in [0.4, 0.5) is 4.39 Å². The van der Waals surface area contributed by atoms with Crippen LogP contribution in [0.2, 0.25) is 0 Å². The van der Waals surface area contributed by atoms with E-state index in [1.165, 1.54) is 12.1 Å². The highest BCUT2D eigenvalue weighted by Gasteiger charge is 2.13. The summed E-state index contributed by atoms with van der Waals surface area (Å²) in [6.07, 6.45) is 0. The maximum Gasteiger partial charge on any atom is 0.266 e. The number of benzene rings is 4. The summed E-state index contributed by atoms with van der Waals surface area (Å²) in [4.78, 5) is 28.7. The number of aromatic amines is 1. The first-order valence-corrected chi connectivity index (χ1v) is 10.7. The van der Waals surface area contributed by atoms with Crippen LogP contribution in [-0.4, -0.2) is 15.5 Å². The van der Waals surface area contributed by atoms with E-state index < -0.39 is 11.4 Å². The van der Waals surface area contributed by atoms with E-state index in [2.05, 4.69) is 10.3 Å². The minimum absolute atomic E-state index is 0.0475. The normalized spacial score (nSPS) is 11.1. The van der Waals surface area contributed by atoms with Crippen molar-refractivity contribution in [1.29, 1.82) is 0 Å². The first-order chi connectivity index (χ1) is 16.0. The Morgan fingerprint density at radius 3 is 2.52 bits per heavy atom. The molecule has 1 heterocycles. The second-order valence-electron chi connectivity index (χ2n) is 7.65. The zero-order valence-corrected chi connectivity index (χ0v) is 18.2. The second-order valence-corrected chi connectivity index (χ2v) is 8.03. The average molecular weight is 456 g/mol. The number of para-hydroxylation sites is 1. The van der Waals surface area contributed by atoms with Crippen LogP contribution in [0.5, 0.6) is 0 Å². The van der Waals surface area contributed by atoms with E-state index in [0.29, 0.717) is 23.0 Å². The number of halogens is 1. The fourth-order valence-electron chi connectivity index (χ4n) is 3.84. The average Bonchev–Trinajstić information content (AvgIpc) is 2.83. The summed E-state index contributed by atoms with van der Waals surface area (Å²) < 4.78 is 15.4. The van der Waals surface area contributed by atoms with Crippen molar-refractivity contribution in [2.75, 3.05) is 0 Å². The van der Waals surface area contributed by atoms with E-state index in [0.717, 1.165) is 20.9 Å². The second kappa shape index (κ2) is 8.44. The fourth-order valence-corrected chi connectivity index (χ4v) is 4.14. The lowest BCUT2D eigenvalue weighted by Crippen LogP contribution is -2.24. The Labute approximate surface area is 193 Å². The summed E-state index contributed by atoms with van der Waals surface area (Å²) in [5.41, 5.74) is 1.40. The first kappa shape index (κ1) is 20.8. The Bertz CT molecular complexity index is 1660. The molecule has 0 aliphatic heterocycles. The van der Waals surface area contributed by atoms with Crippen molar-refractivity contribution in [1.82, 2.24) is 14.9 Å². The molecule has 0 spiro atoms. The number of amides is 1. The summed E-state index contributed by atoms with van der Waals surface area (Å²) in [6.45, 7) is 0.368. The molecular weight excluding hydrogens is 437 g/mol. The molecule has 0 fully saturated rings. The van der Waals surface area contributed by atoms with Crippen molar-refractivity contribution < 1.29 is 9.18 Å². The molecular formula is C26H18FN3O2S. The van der Waals surface area contributed by atoms with Crippen LogP contribution < -0.4 is 10.9 Å². The van der Waals surface area contributed by atoms with Crippen molar-refractivity contribution in [2.45, 2.75) is 6.54 Å². The molecule has 2 N–H and O–H groups in total. The van der Waals surface area contributed by atoms with E-state index in [1.807, 2.05) is 42.5 Å². The molecule has 0 unspecified atom stereocenters. The van der Waals surface area contributed by atoms with Gasteiger partial charge in [0.25, 0.3) is 11.5 Å². The van der Waals surface area contributed by atoms with E-state index in [4.69, 9.17) is 12.2 Å². The van der Waals surface area contributed by atoms with E-state index in [1.54, 1.807) is 30.3 Å². The van der Waals surface area contributed by atoms with Gasteiger partial charge in [0, 0.05) is 12.1 Å². The van der Waals surface area contributed by atoms with Crippen LogP contribution in [0.15, 0.2) is 89.7 Å². The number of hydrogen-bond donors (Lipinski definition) is 2. The molecule has 0 aliphatic rings. The number of hydrogen-bond acceptors (Lipinski definition) is 3. The van der Waals surface area contributed by atoms with Gasteiger partial charge in [0.15, 0.2) is 4.77 Å². The van der Waals surface area contributed by atoms with Gasteiger partial charge in [-0.2, -0.15) is 0 Å². The van der Waals surface area contributed by atoms with Crippen LogP contribution in [0.25, 0.3) is 27.4 Å². The van der Waals surface area contributed by atoms with Gasteiger partial charge in [-0.05, 0) is 65.0 Å². The lowest BCUT2D eigenvalue weighted by molar-refractivity contribution is 0.0951. The molecule has 0 saturated carbocycles. The van der Waals surface area contributed by atoms with Crippen molar-refractivity contribution >= 4 is 39.8 Å². The standard InChI is InChI=1S/C26H18FN3O2S/c27-21-7-3-4-8-23(21)30-25(32)20-12-11-19(14-22(20)29-26(30)33)24(31)28-15-16-9-10-17-5-1-2-6-18(17)13-16/h1-14H,15H2,(H,28,31)(H,29,33). The Morgan fingerprint density at radius 2 is 1.70 bits per heavy atom. The SMILES string of the molecule is O=C(NCc1ccc2ccccc2c1)c1ccc2c(=O)n(-c3ccccc3F)c(=S)[nH]c2c1. The number of rotatable bonds is 4. The van der Waals surface area contributed by atoms with Gasteiger partial charge in [0.2, 0.25) is 0 Å². The smallest absolute Gasteiger partial charge is 0.266 e. The van der Waals surface area contributed by atoms with E-state index >= 15 is 0 Å². The molecule has 33 heavy (non-hydrogen) atoms. The van der Waals surface area contributed by atoms with Gasteiger partial charge >= 0.3 is 0 Å². The van der Waals surface area contributed by atoms with Gasteiger partial charge in [-0.3, -0.25) is 9.59 Å². The largest absolute Gasteiger partial charge is 0.348 e. The van der Waals surface area contributed by atoms with Crippen molar-refractivity contribution in [3.05, 3.63) is 117 Å². The molecule has 0 atom stereocenters. The summed E-state index contributed by atoms with van der Waals surface area (Å²) in [6, 6.07) is 24.7. The van der Waals surface area contributed by atoms with Gasteiger partial charge < -0.3 is 10.3 Å². The molecule has 1 aromatic heterocycles. The number of carbonyl (C=O) groups excluding carboxylic acids is 1. The van der Waals surface area contributed by atoms with Gasteiger partial charge in [0.05, 0.1) is 16.6 Å². The maximum atomic E-state index is 14.2. The molecule has 5 aromatic rings. The molecule has 5 nitrogen and oxygen atoms in total. The highest BCUT2D eigenvalue weighted by Crippen LogP contribution is 2.17. The number of H-pyrrole nitrogens is 1. The zero-order valence-electron chi connectivity index (χ0n) is 17.3. The monoisotopic (exact) mass is 455 g/mol. The van der Waals surface area contributed by atoms with Crippen LogP contribution in [0, 0.1) is 10.6 Å². The molecule has 1 amide bonds. The molecule has 0 bridgehead atoms. The van der Waals surface area contributed by atoms with Crippen LogP contribution in [0.3, 0.4) is 0 Å². The Morgan fingerprint density at radius 1 is 0.939 bits per heavy atom. The topological polar surface area (TPSA) is 66.9 Å². The highest BCUT2D eigenvalue weighted by molar-refractivity contribution is 7.71. The van der Waals surface area contributed by atoms with Crippen LogP contribution in [-0.2, 0) is 6.54 Å². The highest BCUT2D eigenvalue weighted by atomic mass is 32.1. The molecule has 0 saturated heterocycles. The molecule has 7 heteroatoms. The lowest BCUT2D eigenvalue weighted by atomic mass is 10.1. The number of carbonyl (C=O) groups is 1.